The van der Waals surface area contributed by atoms with Gasteiger partial charge in [0.2, 0.25) is 0 Å². The highest BCUT2D eigenvalue weighted by Crippen LogP contribution is 2.29. The molecule has 2 aliphatic rings. The third-order valence-electron chi connectivity index (χ3n) is 4.62. The third kappa shape index (κ3) is 3.62. The summed E-state index contributed by atoms with van der Waals surface area (Å²) < 4.78 is 5.58. The number of hydrogen-bond donors (Lipinski definition) is 1. The van der Waals surface area contributed by atoms with Crippen LogP contribution >= 0.6 is 0 Å². The normalized spacial score (nSPS) is 26.4. The van der Waals surface area contributed by atoms with Crippen LogP contribution in [0.4, 0.5) is 0 Å². The van der Waals surface area contributed by atoms with Crippen LogP contribution in [0.5, 0.6) is 0 Å². The third-order valence-corrected chi connectivity index (χ3v) is 4.62. The Hall–Kier alpha value is -0.770. The predicted octanol–water partition coefficient (Wildman–Crippen LogP) is 2.52. The Balaban J connectivity index is 2.03. The summed E-state index contributed by atoms with van der Waals surface area (Å²) in [7, 11) is 1.79. The second-order valence-corrected chi connectivity index (χ2v) is 6.57. The molecule has 1 atom stereocenters. The van der Waals surface area contributed by atoms with Crippen LogP contribution in [-0.4, -0.2) is 42.2 Å². The molecule has 0 aromatic rings. The van der Waals surface area contributed by atoms with Gasteiger partial charge in [-0.1, -0.05) is 25.7 Å². The summed E-state index contributed by atoms with van der Waals surface area (Å²) >= 11 is 0. The molecule has 4 nitrogen and oxygen atoms in total. The zero-order valence-electron chi connectivity index (χ0n) is 12.7. The number of aliphatic imine (C=N–C) groups is 1. The second-order valence-electron chi connectivity index (χ2n) is 6.57. The van der Waals surface area contributed by atoms with Crippen LogP contribution in [-0.2, 0) is 4.74 Å². The standard InChI is InChI=1S/C15H29N3O/c1-15(2,19-3)10-13-11-17-14(16)18(13)12-8-6-4-5-7-9-12/h12-13H,4-11H2,1-3H3,(H2,16,17). The first-order valence-corrected chi connectivity index (χ1v) is 7.67. The Kier molecular flexibility index (Phi) is 4.71. The molecular formula is C15H29N3O. The summed E-state index contributed by atoms with van der Waals surface area (Å²) in [4.78, 5) is 6.88. The summed E-state index contributed by atoms with van der Waals surface area (Å²) in [6.45, 7) is 5.12. The van der Waals surface area contributed by atoms with Crippen LogP contribution in [0.25, 0.3) is 0 Å². The molecule has 0 aromatic carbocycles. The fraction of sp³-hybridized carbons (Fsp3) is 0.933. The van der Waals surface area contributed by atoms with E-state index >= 15 is 0 Å². The smallest absolute Gasteiger partial charge is 0.191 e. The van der Waals surface area contributed by atoms with E-state index in [1.54, 1.807) is 7.11 Å². The second kappa shape index (κ2) is 6.12. The topological polar surface area (TPSA) is 50.9 Å². The Labute approximate surface area is 117 Å². The minimum atomic E-state index is -0.103. The van der Waals surface area contributed by atoms with Gasteiger partial charge in [0.1, 0.15) is 0 Å². The summed E-state index contributed by atoms with van der Waals surface area (Å²) in [6.07, 6.45) is 8.92. The molecule has 4 heteroatoms. The van der Waals surface area contributed by atoms with Crippen molar-refractivity contribution in [3.8, 4) is 0 Å². The van der Waals surface area contributed by atoms with E-state index < -0.39 is 0 Å². The van der Waals surface area contributed by atoms with E-state index in [0.717, 1.165) is 18.9 Å². The van der Waals surface area contributed by atoms with Crippen molar-refractivity contribution in [1.29, 1.82) is 0 Å². The van der Waals surface area contributed by atoms with Crippen LogP contribution in [0.1, 0.15) is 58.8 Å². The van der Waals surface area contributed by atoms with Gasteiger partial charge < -0.3 is 15.4 Å². The van der Waals surface area contributed by atoms with Gasteiger partial charge in [-0.15, -0.1) is 0 Å². The number of rotatable bonds is 4. The summed E-state index contributed by atoms with van der Waals surface area (Å²) in [6, 6.07) is 1.00. The van der Waals surface area contributed by atoms with Gasteiger partial charge in [-0.3, -0.25) is 4.99 Å². The van der Waals surface area contributed by atoms with Crippen LogP contribution in [0, 0.1) is 0 Å². The molecule has 2 rings (SSSR count). The van der Waals surface area contributed by atoms with E-state index in [-0.39, 0.29) is 5.60 Å². The van der Waals surface area contributed by atoms with E-state index in [9.17, 15) is 0 Å². The van der Waals surface area contributed by atoms with Gasteiger partial charge in [0.15, 0.2) is 5.96 Å². The van der Waals surface area contributed by atoms with Gasteiger partial charge in [0, 0.05) is 13.2 Å². The molecule has 1 unspecified atom stereocenters. The first-order chi connectivity index (χ1) is 9.03. The lowest BCUT2D eigenvalue weighted by atomic mass is 9.96. The van der Waals surface area contributed by atoms with Crippen molar-refractivity contribution in [3.63, 3.8) is 0 Å². The number of hydrogen-bond acceptors (Lipinski definition) is 4. The van der Waals surface area contributed by atoms with Crippen LogP contribution in [0.15, 0.2) is 4.99 Å². The summed E-state index contributed by atoms with van der Waals surface area (Å²) in [5.74, 6) is 0.754. The molecule has 19 heavy (non-hydrogen) atoms. The average molecular weight is 267 g/mol. The average Bonchev–Trinajstić information content (AvgIpc) is 2.59. The molecule has 110 valence electrons. The van der Waals surface area contributed by atoms with E-state index in [2.05, 4.69) is 23.7 Å². The Morgan fingerprint density at radius 1 is 1.26 bits per heavy atom. The van der Waals surface area contributed by atoms with Crippen LogP contribution in [0.2, 0.25) is 0 Å². The maximum atomic E-state index is 6.15. The molecule has 0 bridgehead atoms. The SMILES string of the molecule is COC(C)(C)CC1CN=C(N)N1C1CCCCCC1. The maximum Gasteiger partial charge on any atom is 0.191 e. The van der Waals surface area contributed by atoms with E-state index in [4.69, 9.17) is 10.5 Å². The molecule has 1 fully saturated rings. The number of guanidine groups is 1. The lowest BCUT2D eigenvalue weighted by Crippen LogP contribution is -2.49. The fourth-order valence-corrected chi connectivity index (χ4v) is 3.39. The van der Waals surface area contributed by atoms with Crippen LogP contribution in [0.3, 0.4) is 0 Å². The molecule has 1 aliphatic heterocycles. The maximum absolute atomic E-state index is 6.15. The minimum absolute atomic E-state index is 0.103. The first-order valence-electron chi connectivity index (χ1n) is 7.67. The lowest BCUT2D eigenvalue weighted by molar-refractivity contribution is -0.00204. The largest absolute Gasteiger partial charge is 0.379 e. The zero-order valence-corrected chi connectivity index (χ0v) is 12.7. The molecule has 1 saturated carbocycles. The highest BCUT2D eigenvalue weighted by atomic mass is 16.5. The molecule has 0 aromatic heterocycles. The van der Waals surface area contributed by atoms with Gasteiger partial charge in [-0.05, 0) is 33.1 Å². The molecule has 0 saturated heterocycles. The van der Waals surface area contributed by atoms with E-state index in [1.165, 1.54) is 38.5 Å². The highest BCUT2D eigenvalue weighted by Gasteiger charge is 2.35. The number of methoxy groups -OCH3 is 1. The molecule has 2 N–H and O–H groups in total. The molecule has 0 radical (unpaired) electrons. The molecule has 1 aliphatic carbocycles. The Morgan fingerprint density at radius 2 is 1.89 bits per heavy atom. The van der Waals surface area contributed by atoms with Crippen molar-refractivity contribution < 1.29 is 4.74 Å². The highest BCUT2D eigenvalue weighted by molar-refractivity contribution is 5.80. The van der Waals surface area contributed by atoms with Crippen molar-refractivity contribution in [1.82, 2.24) is 4.90 Å². The molecule has 1 heterocycles. The lowest BCUT2D eigenvalue weighted by Gasteiger charge is -2.37. The molecule has 0 spiro atoms. The van der Waals surface area contributed by atoms with Gasteiger partial charge in [-0.25, -0.2) is 0 Å². The Morgan fingerprint density at radius 3 is 2.47 bits per heavy atom. The van der Waals surface area contributed by atoms with Gasteiger partial charge >= 0.3 is 0 Å². The van der Waals surface area contributed by atoms with Crippen molar-refractivity contribution in [2.75, 3.05) is 13.7 Å². The summed E-state index contributed by atoms with van der Waals surface area (Å²) in [5, 5.41) is 0. The monoisotopic (exact) mass is 267 g/mol. The van der Waals surface area contributed by atoms with Gasteiger partial charge in [0.25, 0.3) is 0 Å². The summed E-state index contributed by atoms with van der Waals surface area (Å²) in [5.41, 5.74) is 6.04. The number of nitrogens with two attached hydrogens (primary N) is 1. The zero-order chi connectivity index (χ0) is 13.9. The molecular weight excluding hydrogens is 238 g/mol. The fourth-order valence-electron chi connectivity index (χ4n) is 3.39. The van der Waals surface area contributed by atoms with Crippen LogP contribution < -0.4 is 5.73 Å². The first kappa shape index (κ1) is 14.6. The number of ether oxygens (including phenoxy) is 1. The van der Waals surface area contributed by atoms with Crippen molar-refractivity contribution in [2.24, 2.45) is 10.7 Å². The van der Waals surface area contributed by atoms with Crippen molar-refractivity contribution in [3.05, 3.63) is 0 Å². The van der Waals surface area contributed by atoms with E-state index in [1.807, 2.05) is 0 Å². The minimum Gasteiger partial charge on any atom is -0.379 e. The quantitative estimate of drug-likeness (QED) is 0.796. The van der Waals surface area contributed by atoms with Crippen molar-refractivity contribution in [2.45, 2.75) is 76.5 Å². The van der Waals surface area contributed by atoms with Gasteiger partial charge in [-0.2, -0.15) is 0 Å². The predicted molar refractivity (Wildman–Crippen MR) is 79.3 cm³/mol. The van der Waals surface area contributed by atoms with Gasteiger partial charge in [0.05, 0.1) is 18.2 Å². The van der Waals surface area contributed by atoms with Crippen molar-refractivity contribution >= 4 is 5.96 Å². The van der Waals surface area contributed by atoms with E-state index in [0.29, 0.717) is 12.1 Å². The Bertz CT molecular complexity index is 319. The molecule has 0 amide bonds. The number of nitrogens with zero attached hydrogens (tertiary/aromatic N) is 2.